The van der Waals surface area contributed by atoms with E-state index in [0.717, 1.165) is 27.4 Å². The Morgan fingerprint density at radius 1 is 1.33 bits per heavy atom. The fourth-order valence-corrected chi connectivity index (χ4v) is 3.65. The molecule has 0 aliphatic rings. The minimum Gasteiger partial charge on any atom is -0.494 e. The predicted molar refractivity (Wildman–Crippen MR) is 107 cm³/mol. The van der Waals surface area contributed by atoms with Crippen molar-refractivity contribution in [3.05, 3.63) is 47.1 Å². The Labute approximate surface area is 162 Å². The molecule has 2 N–H and O–H groups in total. The topological polar surface area (TPSA) is 81.1 Å². The van der Waals surface area contributed by atoms with Crippen molar-refractivity contribution in [2.45, 2.75) is 19.9 Å². The van der Waals surface area contributed by atoms with Crippen molar-refractivity contribution < 1.29 is 9.53 Å². The van der Waals surface area contributed by atoms with E-state index in [2.05, 4.69) is 20.7 Å². The van der Waals surface area contributed by atoms with Gasteiger partial charge in [0.2, 0.25) is 5.91 Å². The lowest BCUT2D eigenvalue weighted by Crippen LogP contribution is -2.30. The third-order valence-electron chi connectivity index (χ3n) is 4.07. The van der Waals surface area contributed by atoms with Gasteiger partial charge in [-0.1, -0.05) is 0 Å². The van der Waals surface area contributed by atoms with E-state index in [1.54, 1.807) is 17.9 Å². The molecular formula is C19H23N5O2S. The first-order valence-electron chi connectivity index (χ1n) is 8.69. The summed E-state index contributed by atoms with van der Waals surface area (Å²) >= 11 is 1.46. The van der Waals surface area contributed by atoms with E-state index in [-0.39, 0.29) is 5.91 Å². The molecule has 1 amide bonds. The number of anilines is 1. The number of ether oxygens (including phenoxy) is 1. The Kier molecular flexibility index (Phi) is 5.88. The number of carbonyl (C=O) groups excluding carboxylic acids is 1. The van der Waals surface area contributed by atoms with Crippen molar-refractivity contribution in [1.29, 1.82) is 0 Å². The van der Waals surface area contributed by atoms with Gasteiger partial charge < -0.3 is 15.4 Å². The Morgan fingerprint density at radius 3 is 2.67 bits per heavy atom. The lowest BCUT2D eigenvalue weighted by atomic mass is 10.1. The second-order valence-corrected chi connectivity index (χ2v) is 7.24. The van der Waals surface area contributed by atoms with Crippen LogP contribution >= 0.6 is 11.3 Å². The second-order valence-electron chi connectivity index (χ2n) is 6.04. The van der Waals surface area contributed by atoms with Crippen LogP contribution in [0.4, 0.5) is 5.13 Å². The van der Waals surface area contributed by atoms with Crippen LogP contribution in [0.25, 0.3) is 11.3 Å². The van der Waals surface area contributed by atoms with Crippen molar-refractivity contribution in [2.75, 3.05) is 19.0 Å². The first kappa shape index (κ1) is 19.1. The van der Waals surface area contributed by atoms with Gasteiger partial charge in [0.25, 0.3) is 0 Å². The zero-order valence-corrected chi connectivity index (χ0v) is 16.6. The van der Waals surface area contributed by atoms with Crippen LogP contribution in [-0.4, -0.2) is 34.3 Å². The predicted octanol–water partition coefficient (Wildman–Crippen LogP) is 3.15. The third kappa shape index (κ3) is 4.35. The van der Waals surface area contributed by atoms with E-state index >= 15 is 0 Å². The van der Waals surface area contributed by atoms with Gasteiger partial charge in [0, 0.05) is 29.2 Å². The Morgan fingerprint density at radius 2 is 2.07 bits per heavy atom. The van der Waals surface area contributed by atoms with Gasteiger partial charge in [0.1, 0.15) is 11.8 Å². The molecule has 1 atom stereocenters. The average molecular weight is 385 g/mol. The number of likely N-dealkylation sites (N-methyl/N-ethyl adjacent to an activating group) is 1. The summed E-state index contributed by atoms with van der Waals surface area (Å²) in [5, 5.41) is 10.6. The average Bonchev–Trinajstić information content (AvgIpc) is 3.22. The summed E-state index contributed by atoms with van der Waals surface area (Å²) in [4.78, 5) is 18.3. The third-order valence-corrected chi connectivity index (χ3v) is 4.96. The molecule has 0 spiro atoms. The minimum absolute atomic E-state index is 0.169. The number of carbonyl (C=O) groups is 1. The highest BCUT2D eigenvalue weighted by atomic mass is 32.1. The molecule has 1 unspecified atom stereocenters. The quantitative estimate of drug-likeness (QED) is 0.653. The molecule has 0 aliphatic carbocycles. The van der Waals surface area contributed by atoms with E-state index < -0.39 is 6.04 Å². The normalized spacial score (nSPS) is 12.0. The summed E-state index contributed by atoms with van der Waals surface area (Å²) < 4.78 is 7.15. The lowest BCUT2D eigenvalue weighted by Gasteiger charge is -2.12. The van der Waals surface area contributed by atoms with Crippen molar-refractivity contribution in [3.8, 4) is 17.0 Å². The summed E-state index contributed by atoms with van der Waals surface area (Å²) in [5.74, 6) is 0.661. The molecule has 8 heteroatoms. The zero-order chi connectivity index (χ0) is 19.4. The highest BCUT2D eigenvalue weighted by molar-refractivity contribution is 7.16. The minimum atomic E-state index is -0.489. The molecule has 0 fully saturated rings. The molecule has 7 nitrogen and oxygen atoms in total. The zero-order valence-electron chi connectivity index (χ0n) is 15.8. The van der Waals surface area contributed by atoms with E-state index in [4.69, 9.17) is 4.74 Å². The maximum Gasteiger partial charge on any atom is 0.247 e. The number of nitrogens with zero attached hydrogens (tertiary/aromatic N) is 3. The lowest BCUT2D eigenvalue weighted by molar-refractivity contribution is -0.118. The van der Waals surface area contributed by atoms with Gasteiger partial charge in [-0.3, -0.25) is 9.48 Å². The summed E-state index contributed by atoms with van der Waals surface area (Å²) in [6, 6.07) is 7.32. The van der Waals surface area contributed by atoms with Gasteiger partial charge in [-0.15, -0.1) is 11.3 Å². The summed E-state index contributed by atoms with van der Waals surface area (Å²) in [6.07, 6.45) is 3.50. The Hall–Kier alpha value is -2.71. The SMILES string of the molecule is CCOc1ccc(-c2nc(NC(=O)C(NC)c3cnn(C)c3)sc2C)cc1. The van der Waals surface area contributed by atoms with Crippen molar-refractivity contribution >= 4 is 22.4 Å². The molecule has 2 aromatic heterocycles. The van der Waals surface area contributed by atoms with E-state index in [9.17, 15) is 4.79 Å². The molecule has 0 saturated heterocycles. The molecule has 142 valence electrons. The first-order chi connectivity index (χ1) is 13.0. The van der Waals surface area contributed by atoms with E-state index in [1.165, 1.54) is 11.3 Å². The second kappa shape index (κ2) is 8.32. The number of rotatable bonds is 7. The van der Waals surface area contributed by atoms with Gasteiger partial charge in [0.05, 0.1) is 18.5 Å². The van der Waals surface area contributed by atoms with E-state index in [0.29, 0.717) is 11.7 Å². The Balaban J connectivity index is 1.76. The molecule has 1 aromatic carbocycles. The molecular weight excluding hydrogens is 362 g/mol. The number of nitrogens with one attached hydrogen (secondary N) is 2. The van der Waals surface area contributed by atoms with Gasteiger partial charge in [-0.2, -0.15) is 5.10 Å². The molecule has 0 aliphatic heterocycles. The summed E-state index contributed by atoms with van der Waals surface area (Å²) in [5.41, 5.74) is 2.66. The summed E-state index contributed by atoms with van der Waals surface area (Å²) in [6.45, 7) is 4.59. The van der Waals surface area contributed by atoms with Crippen LogP contribution in [0.15, 0.2) is 36.7 Å². The smallest absolute Gasteiger partial charge is 0.247 e. The molecule has 0 radical (unpaired) electrons. The fourth-order valence-electron chi connectivity index (χ4n) is 2.81. The van der Waals surface area contributed by atoms with Crippen LogP contribution in [0.2, 0.25) is 0 Å². The summed E-state index contributed by atoms with van der Waals surface area (Å²) in [7, 11) is 3.57. The molecule has 3 rings (SSSR count). The maximum absolute atomic E-state index is 12.7. The van der Waals surface area contributed by atoms with Gasteiger partial charge >= 0.3 is 0 Å². The van der Waals surface area contributed by atoms with Crippen molar-refractivity contribution in [2.24, 2.45) is 7.05 Å². The van der Waals surface area contributed by atoms with Crippen LogP contribution < -0.4 is 15.4 Å². The number of aryl methyl sites for hydroxylation is 2. The maximum atomic E-state index is 12.7. The number of thiazole rings is 1. The highest BCUT2D eigenvalue weighted by Gasteiger charge is 2.22. The number of aromatic nitrogens is 3. The van der Waals surface area contributed by atoms with Gasteiger partial charge in [-0.05, 0) is 45.2 Å². The van der Waals surface area contributed by atoms with Crippen LogP contribution in [0, 0.1) is 6.92 Å². The molecule has 0 bridgehead atoms. The van der Waals surface area contributed by atoms with Crippen LogP contribution in [-0.2, 0) is 11.8 Å². The van der Waals surface area contributed by atoms with Crippen molar-refractivity contribution in [1.82, 2.24) is 20.1 Å². The largest absolute Gasteiger partial charge is 0.494 e. The van der Waals surface area contributed by atoms with Gasteiger partial charge in [0.15, 0.2) is 5.13 Å². The number of hydrogen-bond acceptors (Lipinski definition) is 6. The van der Waals surface area contributed by atoms with Crippen LogP contribution in [0.5, 0.6) is 5.75 Å². The standard InChI is InChI=1S/C19H23N5O2S/c1-5-26-15-8-6-13(7-9-15)16-12(2)27-19(22-16)23-18(25)17(20-3)14-10-21-24(4)11-14/h6-11,17,20H,5H2,1-4H3,(H,22,23,25). The number of benzene rings is 1. The highest BCUT2D eigenvalue weighted by Crippen LogP contribution is 2.31. The monoisotopic (exact) mass is 385 g/mol. The van der Waals surface area contributed by atoms with Crippen LogP contribution in [0.1, 0.15) is 23.4 Å². The number of hydrogen-bond donors (Lipinski definition) is 2. The van der Waals surface area contributed by atoms with Gasteiger partial charge in [-0.25, -0.2) is 4.98 Å². The molecule has 2 heterocycles. The first-order valence-corrected chi connectivity index (χ1v) is 9.50. The Bertz CT molecular complexity index is 917. The molecule has 27 heavy (non-hydrogen) atoms. The van der Waals surface area contributed by atoms with E-state index in [1.807, 2.05) is 51.4 Å². The van der Waals surface area contributed by atoms with Crippen LogP contribution in [0.3, 0.4) is 0 Å². The molecule has 0 saturated carbocycles. The fraction of sp³-hybridized carbons (Fsp3) is 0.316. The number of amides is 1. The van der Waals surface area contributed by atoms with Crippen molar-refractivity contribution in [3.63, 3.8) is 0 Å². The molecule has 3 aromatic rings.